The van der Waals surface area contributed by atoms with E-state index in [1.54, 1.807) is 0 Å². The molecule has 1 rings (SSSR count). The number of hydrogen-bond acceptors (Lipinski definition) is 1. The number of nitrogens with zero attached hydrogens (tertiary/aromatic N) is 1. The number of alkyl halides is 2. The molecule has 0 spiro atoms. The summed E-state index contributed by atoms with van der Waals surface area (Å²) in [6, 6.07) is 0. The molecular formula is C10H17F2NO. The summed E-state index contributed by atoms with van der Waals surface area (Å²) in [4.78, 5) is 12.8. The van der Waals surface area contributed by atoms with E-state index < -0.39 is 12.3 Å². The van der Waals surface area contributed by atoms with E-state index in [1.807, 2.05) is 20.8 Å². The summed E-state index contributed by atoms with van der Waals surface area (Å²) in [6.45, 7) is 5.62. The van der Waals surface area contributed by atoms with Crippen LogP contribution in [0.2, 0.25) is 0 Å². The Morgan fingerprint density at radius 1 is 1.29 bits per heavy atom. The first-order chi connectivity index (χ1) is 6.29. The van der Waals surface area contributed by atoms with Gasteiger partial charge in [-0.05, 0) is 5.41 Å². The number of rotatable bonds is 1. The zero-order valence-electron chi connectivity index (χ0n) is 8.89. The topological polar surface area (TPSA) is 20.3 Å². The van der Waals surface area contributed by atoms with Crippen molar-refractivity contribution in [1.29, 1.82) is 0 Å². The molecule has 0 bridgehead atoms. The minimum Gasteiger partial charge on any atom is -0.337 e. The fourth-order valence-electron chi connectivity index (χ4n) is 1.49. The number of halogens is 2. The van der Waals surface area contributed by atoms with Crippen LogP contribution in [0.1, 0.15) is 27.2 Å². The van der Waals surface area contributed by atoms with Crippen LogP contribution in [0, 0.1) is 5.41 Å². The van der Waals surface area contributed by atoms with Crippen molar-refractivity contribution in [2.24, 2.45) is 5.41 Å². The van der Waals surface area contributed by atoms with Gasteiger partial charge in [-0.1, -0.05) is 20.8 Å². The Labute approximate surface area is 83.3 Å². The molecule has 1 heterocycles. The van der Waals surface area contributed by atoms with Crippen molar-refractivity contribution < 1.29 is 13.6 Å². The highest BCUT2D eigenvalue weighted by molar-refractivity contribution is 5.77. The molecule has 1 saturated heterocycles. The lowest BCUT2D eigenvalue weighted by Gasteiger charge is -2.22. The molecule has 0 aliphatic carbocycles. The van der Waals surface area contributed by atoms with Crippen LogP contribution in [-0.2, 0) is 4.79 Å². The van der Waals surface area contributed by atoms with Gasteiger partial charge in [0.25, 0.3) is 0 Å². The predicted molar refractivity (Wildman–Crippen MR) is 50.4 cm³/mol. The van der Waals surface area contributed by atoms with Crippen LogP contribution in [0.3, 0.4) is 0 Å². The van der Waals surface area contributed by atoms with Crippen molar-refractivity contribution >= 4 is 5.91 Å². The van der Waals surface area contributed by atoms with Gasteiger partial charge in [0, 0.05) is 6.42 Å². The summed E-state index contributed by atoms with van der Waals surface area (Å²) in [5, 5.41) is 0. The first-order valence-corrected chi connectivity index (χ1v) is 4.85. The van der Waals surface area contributed by atoms with Gasteiger partial charge in [0.15, 0.2) is 12.3 Å². The van der Waals surface area contributed by atoms with Crippen molar-refractivity contribution in [1.82, 2.24) is 4.90 Å². The molecule has 4 heteroatoms. The predicted octanol–water partition coefficient (Wildman–Crippen LogP) is 1.94. The maximum atomic E-state index is 12.8. The summed E-state index contributed by atoms with van der Waals surface area (Å²) >= 11 is 0. The Bertz CT molecular complexity index is 215. The van der Waals surface area contributed by atoms with Gasteiger partial charge < -0.3 is 4.90 Å². The Morgan fingerprint density at radius 2 is 1.71 bits per heavy atom. The third kappa shape index (κ3) is 2.93. The molecule has 2 nitrogen and oxygen atoms in total. The van der Waals surface area contributed by atoms with Crippen LogP contribution in [-0.4, -0.2) is 36.2 Å². The standard InChI is InChI=1S/C10H17F2NO/c1-10(2,3)4-9(14)13-5-7(11)8(12)6-13/h7-8H,4-6H2,1-3H3. The van der Waals surface area contributed by atoms with Gasteiger partial charge in [-0.3, -0.25) is 4.79 Å². The first-order valence-electron chi connectivity index (χ1n) is 4.85. The Morgan fingerprint density at radius 3 is 2.07 bits per heavy atom. The number of likely N-dealkylation sites (tertiary alicyclic amines) is 1. The lowest BCUT2D eigenvalue weighted by Crippen LogP contribution is -2.32. The number of carbonyl (C=O) groups excluding carboxylic acids is 1. The molecule has 0 aromatic carbocycles. The molecule has 0 N–H and O–H groups in total. The molecule has 0 aromatic rings. The average Bonchev–Trinajstić information content (AvgIpc) is 2.28. The Hall–Kier alpha value is -0.670. The molecule has 2 atom stereocenters. The van der Waals surface area contributed by atoms with E-state index in [-0.39, 0.29) is 24.4 Å². The first kappa shape index (κ1) is 11.4. The molecule has 0 radical (unpaired) electrons. The van der Waals surface area contributed by atoms with Crippen LogP contribution < -0.4 is 0 Å². The normalized spacial score (nSPS) is 28.2. The van der Waals surface area contributed by atoms with Crippen molar-refractivity contribution in [3.8, 4) is 0 Å². The smallest absolute Gasteiger partial charge is 0.223 e. The van der Waals surface area contributed by atoms with Crippen LogP contribution in [0.4, 0.5) is 8.78 Å². The minimum absolute atomic E-state index is 0.0872. The summed E-state index contributed by atoms with van der Waals surface area (Å²) < 4.78 is 25.6. The quantitative estimate of drug-likeness (QED) is 0.640. The molecule has 2 unspecified atom stereocenters. The second kappa shape index (κ2) is 3.83. The van der Waals surface area contributed by atoms with E-state index in [0.717, 1.165) is 0 Å². The molecule has 1 fully saturated rings. The average molecular weight is 205 g/mol. The van der Waals surface area contributed by atoms with Gasteiger partial charge >= 0.3 is 0 Å². The fourth-order valence-corrected chi connectivity index (χ4v) is 1.49. The maximum Gasteiger partial charge on any atom is 0.223 e. The van der Waals surface area contributed by atoms with Gasteiger partial charge in [-0.15, -0.1) is 0 Å². The summed E-state index contributed by atoms with van der Waals surface area (Å²) in [5.41, 5.74) is -0.128. The maximum absolute atomic E-state index is 12.8. The molecule has 0 saturated carbocycles. The molecule has 14 heavy (non-hydrogen) atoms. The molecule has 1 aliphatic rings. The van der Waals surface area contributed by atoms with E-state index in [1.165, 1.54) is 4.90 Å². The zero-order chi connectivity index (χ0) is 10.9. The van der Waals surface area contributed by atoms with Gasteiger partial charge in [-0.25, -0.2) is 8.78 Å². The van der Waals surface area contributed by atoms with E-state index in [4.69, 9.17) is 0 Å². The summed E-state index contributed by atoms with van der Waals surface area (Å²) in [6.07, 6.45) is -2.66. The summed E-state index contributed by atoms with van der Waals surface area (Å²) in [7, 11) is 0. The fraction of sp³-hybridized carbons (Fsp3) is 0.900. The second-order valence-corrected chi connectivity index (χ2v) is 5.07. The lowest BCUT2D eigenvalue weighted by molar-refractivity contribution is -0.132. The molecule has 0 aromatic heterocycles. The minimum atomic E-state index is -1.50. The highest BCUT2D eigenvalue weighted by Crippen LogP contribution is 2.23. The van der Waals surface area contributed by atoms with Crippen LogP contribution >= 0.6 is 0 Å². The summed E-state index contributed by atoms with van der Waals surface area (Å²) in [5.74, 6) is -0.152. The highest BCUT2D eigenvalue weighted by atomic mass is 19.2. The van der Waals surface area contributed by atoms with E-state index in [9.17, 15) is 13.6 Å². The molecular weight excluding hydrogens is 188 g/mol. The SMILES string of the molecule is CC(C)(C)CC(=O)N1CC(F)C(F)C1. The van der Waals surface area contributed by atoms with E-state index >= 15 is 0 Å². The lowest BCUT2D eigenvalue weighted by atomic mass is 9.92. The number of carbonyl (C=O) groups is 1. The third-order valence-corrected chi connectivity index (χ3v) is 2.22. The molecule has 1 aliphatic heterocycles. The van der Waals surface area contributed by atoms with Gasteiger partial charge in [0.2, 0.25) is 5.91 Å². The van der Waals surface area contributed by atoms with Crippen molar-refractivity contribution in [3.63, 3.8) is 0 Å². The van der Waals surface area contributed by atoms with Gasteiger partial charge in [0.1, 0.15) is 0 Å². The molecule has 1 amide bonds. The number of amides is 1. The van der Waals surface area contributed by atoms with Crippen molar-refractivity contribution in [2.45, 2.75) is 39.5 Å². The monoisotopic (exact) mass is 205 g/mol. The number of hydrogen-bond donors (Lipinski definition) is 0. The third-order valence-electron chi connectivity index (χ3n) is 2.22. The largest absolute Gasteiger partial charge is 0.337 e. The Kier molecular flexibility index (Phi) is 3.12. The van der Waals surface area contributed by atoms with Crippen LogP contribution in [0.5, 0.6) is 0 Å². The van der Waals surface area contributed by atoms with Gasteiger partial charge in [-0.2, -0.15) is 0 Å². The van der Waals surface area contributed by atoms with Crippen molar-refractivity contribution in [2.75, 3.05) is 13.1 Å². The second-order valence-electron chi connectivity index (χ2n) is 5.07. The Balaban J connectivity index is 2.48. The van der Waals surface area contributed by atoms with Crippen LogP contribution in [0.25, 0.3) is 0 Å². The highest BCUT2D eigenvalue weighted by Gasteiger charge is 2.36. The molecule has 82 valence electrons. The zero-order valence-corrected chi connectivity index (χ0v) is 8.89. The van der Waals surface area contributed by atoms with E-state index in [2.05, 4.69) is 0 Å². The van der Waals surface area contributed by atoms with Gasteiger partial charge in [0.05, 0.1) is 13.1 Å². The van der Waals surface area contributed by atoms with Crippen LogP contribution in [0.15, 0.2) is 0 Å². The van der Waals surface area contributed by atoms with E-state index in [0.29, 0.717) is 6.42 Å². The van der Waals surface area contributed by atoms with Crippen molar-refractivity contribution in [3.05, 3.63) is 0 Å².